The summed E-state index contributed by atoms with van der Waals surface area (Å²) in [4.78, 5) is 11.7. The first-order valence-corrected chi connectivity index (χ1v) is 6.63. The summed E-state index contributed by atoms with van der Waals surface area (Å²) in [6.07, 6.45) is -0.513. The minimum atomic E-state index is -0.513. The van der Waals surface area contributed by atoms with Crippen LogP contribution in [0.15, 0.2) is 18.2 Å². The highest BCUT2D eigenvalue weighted by Crippen LogP contribution is 2.22. The minimum Gasteiger partial charge on any atom is -0.484 e. The Kier molecular flexibility index (Phi) is 6.48. The maximum absolute atomic E-state index is 11.7. The van der Waals surface area contributed by atoms with Crippen LogP contribution in [-0.2, 0) is 9.53 Å². The van der Waals surface area contributed by atoms with Crippen LogP contribution < -0.4 is 10.1 Å². The maximum atomic E-state index is 11.7. The molecule has 0 spiro atoms. The lowest BCUT2D eigenvalue weighted by Crippen LogP contribution is -2.38. The average Bonchev–Trinajstić information content (AvgIpc) is 2.37. The van der Waals surface area contributed by atoms with E-state index in [9.17, 15) is 9.90 Å². The van der Waals surface area contributed by atoms with Crippen LogP contribution in [0.1, 0.15) is 31.1 Å². The molecule has 0 saturated carbocycles. The number of nitrogens with one attached hydrogen (secondary N) is 1. The van der Waals surface area contributed by atoms with Crippen molar-refractivity contribution in [3.63, 3.8) is 0 Å². The van der Waals surface area contributed by atoms with Gasteiger partial charge in [-0.25, -0.2) is 0 Å². The Labute approximate surface area is 119 Å². The van der Waals surface area contributed by atoms with Crippen LogP contribution >= 0.6 is 0 Å². The lowest BCUT2D eigenvalue weighted by molar-refractivity contribution is -0.124. The molecule has 0 bridgehead atoms. The summed E-state index contributed by atoms with van der Waals surface area (Å²) in [6, 6.07) is 5.36. The van der Waals surface area contributed by atoms with Crippen molar-refractivity contribution in [2.45, 2.75) is 32.9 Å². The van der Waals surface area contributed by atoms with Crippen LogP contribution in [-0.4, -0.2) is 37.4 Å². The van der Waals surface area contributed by atoms with E-state index in [2.05, 4.69) is 5.32 Å². The van der Waals surface area contributed by atoms with Crippen LogP contribution in [0.5, 0.6) is 5.75 Å². The number of hydrogen-bond donors (Lipinski definition) is 2. The molecule has 5 nitrogen and oxygen atoms in total. The molecule has 5 heteroatoms. The monoisotopic (exact) mass is 281 g/mol. The quantitative estimate of drug-likeness (QED) is 0.796. The van der Waals surface area contributed by atoms with Crippen molar-refractivity contribution in [1.29, 1.82) is 0 Å². The van der Waals surface area contributed by atoms with Gasteiger partial charge < -0.3 is 19.9 Å². The average molecular weight is 281 g/mol. The number of aryl methyl sites for hydroxylation is 1. The Bertz CT molecular complexity index is 445. The third kappa shape index (κ3) is 5.19. The normalized spacial score (nSPS) is 13.7. The Balaban J connectivity index is 2.51. The third-order valence-corrected chi connectivity index (χ3v) is 2.86. The van der Waals surface area contributed by atoms with Gasteiger partial charge in [-0.05, 0) is 44.0 Å². The first-order chi connectivity index (χ1) is 9.43. The van der Waals surface area contributed by atoms with E-state index in [1.165, 1.54) is 0 Å². The number of hydrogen-bond acceptors (Lipinski definition) is 4. The molecule has 1 rings (SSSR count). The summed E-state index contributed by atoms with van der Waals surface area (Å²) in [6.45, 7) is 5.88. The van der Waals surface area contributed by atoms with Gasteiger partial charge in [0.1, 0.15) is 5.75 Å². The minimum absolute atomic E-state index is 0.0388. The topological polar surface area (TPSA) is 67.8 Å². The second-order valence-electron chi connectivity index (χ2n) is 4.91. The summed E-state index contributed by atoms with van der Waals surface area (Å²) in [5.41, 5.74) is 1.72. The number of aliphatic hydroxyl groups excluding tert-OH is 1. The molecule has 1 amide bonds. The standard InChI is InChI=1S/C15H23NO4/c1-10-7-13(12(3)17)5-6-14(10)20-9-15(18)16-11(2)8-19-4/h5-7,11-12,17H,8-9H2,1-4H3,(H,16,18)/t11?,12-/m1/s1. The molecule has 0 fully saturated rings. The number of carbonyl (C=O) groups excluding carboxylic acids is 1. The first kappa shape index (κ1) is 16.5. The fourth-order valence-electron chi connectivity index (χ4n) is 1.85. The van der Waals surface area contributed by atoms with E-state index in [1.807, 2.05) is 19.9 Å². The summed E-state index contributed by atoms with van der Waals surface area (Å²) in [7, 11) is 1.59. The highest BCUT2D eigenvalue weighted by atomic mass is 16.5. The molecule has 20 heavy (non-hydrogen) atoms. The molecule has 0 radical (unpaired) electrons. The van der Waals surface area contributed by atoms with Crippen molar-refractivity contribution in [2.24, 2.45) is 0 Å². The second-order valence-corrected chi connectivity index (χ2v) is 4.91. The van der Waals surface area contributed by atoms with Crippen molar-refractivity contribution in [3.8, 4) is 5.75 Å². The number of aliphatic hydroxyl groups is 1. The van der Waals surface area contributed by atoms with Crippen molar-refractivity contribution >= 4 is 5.91 Å². The van der Waals surface area contributed by atoms with Gasteiger partial charge in [-0.2, -0.15) is 0 Å². The Morgan fingerprint density at radius 3 is 2.65 bits per heavy atom. The lowest BCUT2D eigenvalue weighted by atomic mass is 10.1. The highest BCUT2D eigenvalue weighted by molar-refractivity contribution is 5.77. The molecular formula is C15H23NO4. The van der Waals surface area contributed by atoms with E-state index in [0.717, 1.165) is 11.1 Å². The molecule has 2 atom stereocenters. The largest absolute Gasteiger partial charge is 0.484 e. The molecule has 1 unspecified atom stereocenters. The van der Waals surface area contributed by atoms with Gasteiger partial charge in [0.2, 0.25) is 0 Å². The van der Waals surface area contributed by atoms with Crippen LogP contribution in [0.25, 0.3) is 0 Å². The van der Waals surface area contributed by atoms with Gasteiger partial charge >= 0.3 is 0 Å². The number of amides is 1. The predicted octanol–water partition coefficient (Wildman–Crippen LogP) is 1.58. The van der Waals surface area contributed by atoms with Crippen LogP contribution in [0.3, 0.4) is 0 Å². The van der Waals surface area contributed by atoms with E-state index in [1.54, 1.807) is 26.2 Å². The van der Waals surface area contributed by atoms with E-state index in [4.69, 9.17) is 9.47 Å². The van der Waals surface area contributed by atoms with Gasteiger partial charge in [-0.15, -0.1) is 0 Å². The third-order valence-electron chi connectivity index (χ3n) is 2.86. The number of carbonyl (C=O) groups is 1. The van der Waals surface area contributed by atoms with E-state index in [0.29, 0.717) is 12.4 Å². The molecule has 1 aromatic carbocycles. The van der Waals surface area contributed by atoms with Gasteiger partial charge in [-0.1, -0.05) is 6.07 Å². The van der Waals surface area contributed by atoms with Gasteiger partial charge in [0, 0.05) is 13.2 Å². The molecule has 112 valence electrons. The highest BCUT2D eigenvalue weighted by Gasteiger charge is 2.09. The molecule has 0 saturated heterocycles. The zero-order valence-corrected chi connectivity index (χ0v) is 12.5. The Morgan fingerprint density at radius 2 is 2.10 bits per heavy atom. The molecule has 1 aromatic rings. The van der Waals surface area contributed by atoms with Crippen molar-refractivity contribution < 1.29 is 19.4 Å². The van der Waals surface area contributed by atoms with E-state index < -0.39 is 6.10 Å². The number of ether oxygens (including phenoxy) is 2. The van der Waals surface area contributed by atoms with E-state index >= 15 is 0 Å². The van der Waals surface area contributed by atoms with Crippen molar-refractivity contribution in [1.82, 2.24) is 5.32 Å². The number of methoxy groups -OCH3 is 1. The lowest BCUT2D eigenvalue weighted by Gasteiger charge is -2.14. The Morgan fingerprint density at radius 1 is 1.40 bits per heavy atom. The second kappa shape index (κ2) is 7.87. The number of rotatable bonds is 7. The predicted molar refractivity (Wildman–Crippen MR) is 76.8 cm³/mol. The molecule has 0 aliphatic carbocycles. The fraction of sp³-hybridized carbons (Fsp3) is 0.533. The van der Waals surface area contributed by atoms with Crippen LogP contribution in [0.2, 0.25) is 0 Å². The van der Waals surface area contributed by atoms with Gasteiger partial charge in [0.15, 0.2) is 6.61 Å². The molecule has 0 aliphatic rings. The van der Waals surface area contributed by atoms with Gasteiger partial charge in [0.25, 0.3) is 5.91 Å². The van der Waals surface area contributed by atoms with Crippen LogP contribution in [0, 0.1) is 6.92 Å². The maximum Gasteiger partial charge on any atom is 0.258 e. The Hall–Kier alpha value is -1.59. The smallest absolute Gasteiger partial charge is 0.258 e. The molecule has 2 N–H and O–H groups in total. The number of benzene rings is 1. The van der Waals surface area contributed by atoms with Crippen molar-refractivity contribution in [3.05, 3.63) is 29.3 Å². The molecule has 0 aliphatic heterocycles. The van der Waals surface area contributed by atoms with E-state index in [-0.39, 0.29) is 18.6 Å². The SMILES string of the molecule is COCC(C)NC(=O)COc1ccc([C@@H](C)O)cc1C. The summed E-state index contributed by atoms with van der Waals surface area (Å²) >= 11 is 0. The van der Waals surface area contributed by atoms with Gasteiger partial charge in [-0.3, -0.25) is 4.79 Å². The molecule has 0 aromatic heterocycles. The molecule has 0 heterocycles. The van der Waals surface area contributed by atoms with Crippen LogP contribution in [0.4, 0.5) is 0 Å². The zero-order valence-electron chi connectivity index (χ0n) is 12.5. The first-order valence-electron chi connectivity index (χ1n) is 6.63. The van der Waals surface area contributed by atoms with Gasteiger partial charge in [0.05, 0.1) is 12.7 Å². The van der Waals surface area contributed by atoms with Crippen molar-refractivity contribution in [2.75, 3.05) is 20.3 Å². The summed E-state index contributed by atoms with van der Waals surface area (Å²) in [5, 5.41) is 12.3. The zero-order chi connectivity index (χ0) is 15.1. The summed E-state index contributed by atoms with van der Waals surface area (Å²) in [5.74, 6) is 0.456. The summed E-state index contributed by atoms with van der Waals surface area (Å²) < 4.78 is 10.4. The molecular weight excluding hydrogens is 258 g/mol. The fourth-order valence-corrected chi connectivity index (χ4v) is 1.85.